The highest BCUT2D eigenvalue weighted by molar-refractivity contribution is 5.95. The molecule has 2 aromatic rings. The van der Waals surface area contributed by atoms with Crippen LogP contribution in [0.4, 0.5) is 5.69 Å². The van der Waals surface area contributed by atoms with Crippen molar-refractivity contribution in [1.29, 1.82) is 0 Å². The van der Waals surface area contributed by atoms with Crippen molar-refractivity contribution in [3.63, 3.8) is 0 Å². The Hall–Kier alpha value is -1.56. The van der Waals surface area contributed by atoms with Gasteiger partial charge in [-0.15, -0.1) is 24.8 Å². The largest absolute Gasteiger partial charge is 0.330 e. The van der Waals surface area contributed by atoms with E-state index in [0.29, 0.717) is 12.5 Å². The topological polar surface area (TPSA) is 72.9 Å². The van der Waals surface area contributed by atoms with E-state index in [1.165, 1.54) is 0 Å². The number of carbonyl (C=O) groups is 1. The van der Waals surface area contributed by atoms with E-state index in [1.54, 1.807) is 0 Å². The van der Waals surface area contributed by atoms with Crippen LogP contribution in [-0.4, -0.2) is 22.0 Å². The van der Waals surface area contributed by atoms with Crippen LogP contribution in [0, 0.1) is 5.41 Å². The molecule has 1 aromatic carbocycles. The van der Waals surface area contributed by atoms with E-state index in [-0.39, 0.29) is 30.7 Å². The fourth-order valence-corrected chi connectivity index (χ4v) is 3.12. The molecule has 5 nitrogen and oxygen atoms in total. The Bertz CT molecular complexity index is 703. The monoisotopic (exact) mass is 414 g/mol. The van der Waals surface area contributed by atoms with Gasteiger partial charge < -0.3 is 15.6 Å². The molecule has 27 heavy (non-hydrogen) atoms. The molecule has 0 atom stereocenters. The first-order valence-corrected chi connectivity index (χ1v) is 9.07. The molecule has 0 fully saturated rings. The number of nitrogens with one attached hydrogen (secondary N) is 1. The maximum Gasteiger partial charge on any atom is 0.231 e. The molecule has 2 rings (SSSR count). The summed E-state index contributed by atoms with van der Waals surface area (Å²) in [4.78, 5) is 17.1. The van der Waals surface area contributed by atoms with Crippen LogP contribution >= 0.6 is 24.8 Å². The second-order valence-corrected chi connectivity index (χ2v) is 6.91. The third-order valence-electron chi connectivity index (χ3n) is 5.03. The van der Waals surface area contributed by atoms with Gasteiger partial charge in [0.05, 0.1) is 5.41 Å². The number of rotatable bonds is 8. The summed E-state index contributed by atoms with van der Waals surface area (Å²) in [6.07, 6.45) is 5.30. The first-order valence-electron chi connectivity index (χ1n) is 9.07. The van der Waals surface area contributed by atoms with Gasteiger partial charge in [0.2, 0.25) is 5.91 Å². The molecule has 0 unspecified atom stereocenters. The summed E-state index contributed by atoms with van der Waals surface area (Å²) in [6.45, 7) is 9.39. The van der Waals surface area contributed by atoms with Crippen molar-refractivity contribution >= 4 is 36.4 Å². The number of nitrogens with two attached hydrogens (primary N) is 1. The summed E-state index contributed by atoms with van der Waals surface area (Å²) in [5.74, 6) is 1.44. The van der Waals surface area contributed by atoms with Gasteiger partial charge in [-0.1, -0.05) is 39.8 Å². The number of halogens is 2. The Balaban J connectivity index is 0.00000338. The second-order valence-electron chi connectivity index (χ2n) is 6.91. The van der Waals surface area contributed by atoms with E-state index >= 15 is 0 Å². The molecule has 0 radical (unpaired) electrons. The lowest BCUT2D eigenvalue weighted by molar-refractivity contribution is -0.125. The molecular formula is C20H32Cl2N4O. The first-order chi connectivity index (χ1) is 12.0. The Morgan fingerprint density at radius 3 is 2.48 bits per heavy atom. The molecule has 0 saturated heterocycles. The van der Waals surface area contributed by atoms with E-state index in [9.17, 15) is 4.79 Å². The molecule has 152 valence electrons. The Morgan fingerprint density at radius 2 is 1.93 bits per heavy atom. The van der Waals surface area contributed by atoms with Crippen molar-refractivity contribution < 1.29 is 4.79 Å². The van der Waals surface area contributed by atoms with Crippen LogP contribution in [0.1, 0.15) is 57.8 Å². The van der Waals surface area contributed by atoms with Crippen LogP contribution in [0.3, 0.4) is 0 Å². The summed E-state index contributed by atoms with van der Waals surface area (Å²) in [7, 11) is 0. The molecule has 3 N–H and O–H groups in total. The van der Waals surface area contributed by atoms with Crippen LogP contribution < -0.4 is 11.1 Å². The number of aromatic nitrogens is 2. The highest BCUT2D eigenvalue weighted by Crippen LogP contribution is 2.27. The Morgan fingerprint density at radius 1 is 1.26 bits per heavy atom. The molecular weight excluding hydrogens is 383 g/mol. The molecule has 1 heterocycles. The van der Waals surface area contributed by atoms with Crippen molar-refractivity contribution in [3.05, 3.63) is 48.0 Å². The third-order valence-corrected chi connectivity index (χ3v) is 5.03. The van der Waals surface area contributed by atoms with Gasteiger partial charge in [-0.05, 0) is 30.5 Å². The van der Waals surface area contributed by atoms with Crippen molar-refractivity contribution in [3.8, 4) is 0 Å². The maximum absolute atomic E-state index is 12.7. The minimum absolute atomic E-state index is 0. The highest BCUT2D eigenvalue weighted by atomic mass is 35.5. The highest BCUT2D eigenvalue weighted by Gasteiger charge is 2.33. The van der Waals surface area contributed by atoms with Crippen LogP contribution in [-0.2, 0) is 11.3 Å². The van der Waals surface area contributed by atoms with Crippen molar-refractivity contribution in [2.45, 2.75) is 53.0 Å². The Labute approximate surface area is 174 Å². The van der Waals surface area contributed by atoms with Crippen molar-refractivity contribution in [1.82, 2.24) is 9.55 Å². The summed E-state index contributed by atoms with van der Waals surface area (Å²) in [5.41, 5.74) is 7.32. The molecule has 0 aliphatic carbocycles. The standard InChI is InChI=1S/C20H30N4O.2ClH/c1-5-20(6-2,14-21)19(25)23-17-9-7-8-16(12-17)13-24-11-10-22-18(24)15(3)4;;/h7-12,15H,5-6,13-14,21H2,1-4H3,(H,23,25);2*1H. The zero-order valence-electron chi connectivity index (χ0n) is 16.6. The van der Waals surface area contributed by atoms with E-state index in [2.05, 4.69) is 34.8 Å². The molecule has 0 saturated carbocycles. The predicted octanol–water partition coefficient (Wildman–Crippen LogP) is 4.60. The van der Waals surface area contributed by atoms with E-state index in [1.807, 2.05) is 44.4 Å². The molecule has 1 amide bonds. The van der Waals surface area contributed by atoms with Gasteiger partial charge in [-0.3, -0.25) is 4.79 Å². The number of nitrogens with zero attached hydrogens (tertiary/aromatic N) is 2. The quantitative estimate of drug-likeness (QED) is 0.662. The maximum atomic E-state index is 12.7. The van der Waals surface area contributed by atoms with Crippen molar-refractivity contribution in [2.75, 3.05) is 11.9 Å². The molecule has 0 aliphatic heterocycles. The van der Waals surface area contributed by atoms with E-state index in [0.717, 1.165) is 36.5 Å². The van der Waals surface area contributed by atoms with Crippen LogP contribution in [0.5, 0.6) is 0 Å². The van der Waals surface area contributed by atoms with Crippen molar-refractivity contribution in [2.24, 2.45) is 11.1 Å². The van der Waals surface area contributed by atoms with Crippen LogP contribution in [0.25, 0.3) is 0 Å². The smallest absolute Gasteiger partial charge is 0.231 e. The van der Waals surface area contributed by atoms with E-state index in [4.69, 9.17) is 5.73 Å². The number of amides is 1. The van der Waals surface area contributed by atoms with Gasteiger partial charge in [0.1, 0.15) is 5.82 Å². The van der Waals surface area contributed by atoms with Crippen LogP contribution in [0.15, 0.2) is 36.7 Å². The fraction of sp³-hybridized carbons (Fsp3) is 0.500. The molecule has 1 aromatic heterocycles. The summed E-state index contributed by atoms with van der Waals surface area (Å²) < 4.78 is 2.15. The number of carbonyl (C=O) groups excluding carboxylic acids is 1. The average molecular weight is 415 g/mol. The molecule has 7 heteroatoms. The average Bonchev–Trinajstić information content (AvgIpc) is 3.06. The number of hydrogen-bond acceptors (Lipinski definition) is 3. The number of benzene rings is 1. The predicted molar refractivity (Wildman–Crippen MR) is 117 cm³/mol. The zero-order valence-corrected chi connectivity index (χ0v) is 18.2. The number of hydrogen-bond donors (Lipinski definition) is 2. The minimum Gasteiger partial charge on any atom is -0.330 e. The molecule has 0 aliphatic rings. The van der Waals surface area contributed by atoms with Gasteiger partial charge in [0.15, 0.2) is 0 Å². The summed E-state index contributed by atoms with van der Waals surface area (Å²) >= 11 is 0. The van der Waals surface area contributed by atoms with Crippen LogP contribution in [0.2, 0.25) is 0 Å². The normalized spacial score (nSPS) is 10.9. The fourth-order valence-electron chi connectivity index (χ4n) is 3.12. The molecule has 0 bridgehead atoms. The molecule has 0 spiro atoms. The van der Waals surface area contributed by atoms with Gasteiger partial charge in [0.25, 0.3) is 0 Å². The lowest BCUT2D eigenvalue weighted by atomic mass is 9.81. The second kappa shape index (κ2) is 11.3. The number of imidazole rings is 1. The van der Waals surface area contributed by atoms with Gasteiger partial charge in [-0.2, -0.15) is 0 Å². The van der Waals surface area contributed by atoms with Gasteiger partial charge >= 0.3 is 0 Å². The Kier molecular flexibility index (Phi) is 10.7. The van der Waals surface area contributed by atoms with E-state index < -0.39 is 5.41 Å². The minimum atomic E-state index is -0.495. The third kappa shape index (κ3) is 5.96. The lowest BCUT2D eigenvalue weighted by Gasteiger charge is -2.28. The first kappa shape index (κ1) is 25.4. The van der Waals surface area contributed by atoms with Gasteiger partial charge in [0, 0.05) is 37.1 Å². The lowest BCUT2D eigenvalue weighted by Crippen LogP contribution is -2.41. The zero-order chi connectivity index (χ0) is 18.4. The SMILES string of the molecule is CCC(CC)(CN)C(=O)Nc1cccc(Cn2ccnc2C(C)C)c1.Cl.Cl. The summed E-state index contributed by atoms with van der Waals surface area (Å²) in [6, 6.07) is 7.98. The summed E-state index contributed by atoms with van der Waals surface area (Å²) in [5, 5.41) is 3.05. The van der Waals surface area contributed by atoms with Gasteiger partial charge in [-0.25, -0.2) is 4.98 Å². The number of anilines is 1.